The molecule has 0 bridgehead atoms. The summed E-state index contributed by atoms with van der Waals surface area (Å²) in [6, 6.07) is 5.42. The first-order valence-electron chi connectivity index (χ1n) is 6.36. The van der Waals surface area contributed by atoms with Gasteiger partial charge in [-0.2, -0.15) is 15.4 Å². The van der Waals surface area contributed by atoms with Crippen molar-refractivity contribution in [3.05, 3.63) is 23.8 Å². The molecule has 0 saturated carbocycles. The third-order valence-electron chi connectivity index (χ3n) is 2.84. The van der Waals surface area contributed by atoms with Crippen LogP contribution in [0.5, 0.6) is 0 Å². The molecule has 0 fully saturated rings. The topological polar surface area (TPSA) is 61.9 Å². The van der Waals surface area contributed by atoms with Gasteiger partial charge in [0.05, 0.1) is 0 Å². The molecule has 0 saturated heterocycles. The largest absolute Gasteiger partial charge is 0.339 e. The van der Waals surface area contributed by atoms with Gasteiger partial charge >= 0.3 is 0 Å². The maximum absolute atomic E-state index is 12.4. The fourth-order valence-corrected chi connectivity index (χ4v) is 2.01. The Hall–Kier alpha value is -1.91. The molecule has 5 nitrogen and oxygen atoms in total. The number of aromatic amines is 1. The summed E-state index contributed by atoms with van der Waals surface area (Å²) in [6.07, 6.45) is 1.94. The van der Waals surface area contributed by atoms with Crippen LogP contribution in [-0.4, -0.2) is 39.3 Å². The highest BCUT2D eigenvalue weighted by atomic mass is 16.2. The lowest BCUT2D eigenvalue weighted by Crippen LogP contribution is -2.32. The van der Waals surface area contributed by atoms with Crippen molar-refractivity contribution in [2.75, 3.05) is 13.1 Å². The van der Waals surface area contributed by atoms with Crippen molar-refractivity contribution >= 4 is 16.9 Å². The van der Waals surface area contributed by atoms with Gasteiger partial charge in [0.25, 0.3) is 5.91 Å². The molecule has 1 N–H and O–H groups in total. The zero-order chi connectivity index (χ0) is 13.0. The van der Waals surface area contributed by atoms with Crippen LogP contribution < -0.4 is 0 Å². The van der Waals surface area contributed by atoms with Crippen LogP contribution >= 0.6 is 0 Å². The van der Waals surface area contributed by atoms with Gasteiger partial charge in [0, 0.05) is 18.7 Å². The first-order chi connectivity index (χ1) is 8.76. The van der Waals surface area contributed by atoms with E-state index in [0.29, 0.717) is 5.56 Å². The maximum atomic E-state index is 12.4. The van der Waals surface area contributed by atoms with Gasteiger partial charge in [-0.15, -0.1) is 0 Å². The summed E-state index contributed by atoms with van der Waals surface area (Å²) in [5, 5.41) is 10.5. The number of carbonyl (C=O) groups is 1. The van der Waals surface area contributed by atoms with Gasteiger partial charge in [-0.3, -0.25) is 4.79 Å². The molecule has 5 heteroatoms. The van der Waals surface area contributed by atoms with E-state index in [2.05, 4.69) is 29.3 Å². The van der Waals surface area contributed by atoms with Crippen LogP contribution in [0.15, 0.2) is 18.2 Å². The summed E-state index contributed by atoms with van der Waals surface area (Å²) < 4.78 is 0. The van der Waals surface area contributed by atoms with Crippen molar-refractivity contribution in [3.63, 3.8) is 0 Å². The minimum Gasteiger partial charge on any atom is -0.339 e. The molecule has 1 heterocycles. The van der Waals surface area contributed by atoms with Crippen LogP contribution in [0, 0.1) is 0 Å². The zero-order valence-electron chi connectivity index (χ0n) is 10.8. The second kappa shape index (κ2) is 5.62. The number of benzene rings is 1. The highest BCUT2D eigenvalue weighted by molar-refractivity contribution is 5.97. The lowest BCUT2D eigenvalue weighted by atomic mass is 10.1. The summed E-state index contributed by atoms with van der Waals surface area (Å²) in [4.78, 5) is 14.2. The smallest absolute Gasteiger partial charge is 0.253 e. The van der Waals surface area contributed by atoms with Crippen molar-refractivity contribution in [1.29, 1.82) is 0 Å². The summed E-state index contributed by atoms with van der Waals surface area (Å²) in [5.74, 6) is 0.0728. The molecule has 0 radical (unpaired) electrons. The zero-order valence-corrected chi connectivity index (χ0v) is 10.8. The molecule has 96 valence electrons. The van der Waals surface area contributed by atoms with Crippen LogP contribution in [-0.2, 0) is 0 Å². The molecule has 0 aliphatic carbocycles. The molecule has 2 rings (SSSR count). The van der Waals surface area contributed by atoms with E-state index >= 15 is 0 Å². The molecule has 0 atom stereocenters. The van der Waals surface area contributed by atoms with Crippen LogP contribution in [0.25, 0.3) is 11.0 Å². The number of nitrogens with one attached hydrogen (secondary N) is 1. The number of aromatic nitrogens is 3. The van der Waals surface area contributed by atoms with Crippen molar-refractivity contribution < 1.29 is 4.79 Å². The van der Waals surface area contributed by atoms with E-state index in [1.54, 1.807) is 6.07 Å². The third kappa shape index (κ3) is 2.50. The van der Waals surface area contributed by atoms with Crippen LogP contribution in [0.4, 0.5) is 0 Å². The average molecular weight is 246 g/mol. The van der Waals surface area contributed by atoms with Crippen LogP contribution in [0.1, 0.15) is 37.0 Å². The average Bonchev–Trinajstić information content (AvgIpc) is 2.84. The lowest BCUT2D eigenvalue weighted by molar-refractivity contribution is 0.0755. The monoisotopic (exact) mass is 246 g/mol. The summed E-state index contributed by atoms with van der Waals surface area (Å²) in [6.45, 7) is 5.75. The van der Waals surface area contributed by atoms with Gasteiger partial charge in [0.2, 0.25) is 0 Å². The fourth-order valence-electron chi connectivity index (χ4n) is 2.01. The SMILES string of the molecule is CCCN(CCC)C(=O)c1ccc2n[nH]nc2c1. The minimum atomic E-state index is 0.0728. The highest BCUT2D eigenvalue weighted by Gasteiger charge is 2.15. The van der Waals surface area contributed by atoms with Gasteiger partial charge in [0.1, 0.15) is 11.0 Å². The van der Waals surface area contributed by atoms with E-state index < -0.39 is 0 Å². The number of hydrogen-bond donors (Lipinski definition) is 1. The Labute approximate surface area is 106 Å². The molecule has 0 spiro atoms. The molecule has 18 heavy (non-hydrogen) atoms. The molecule has 0 aliphatic rings. The van der Waals surface area contributed by atoms with E-state index in [0.717, 1.165) is 37.0 Å². The van der Waals surface area contributed by atoms with Gasteiger partial charge in [-0.1, -0.05) is 13.8 Å². The normalized spacial score (nSPS) is 10.8. The number of H-pyrrole nitrogens is 1. The maximum Gasteiger partial charge on any atom is 0.253 e. The third-order valence-corrected chi connectivity index (χ3v) is 2.84. The first kappa shape index (κ1) is 12.5. The Morgan fingerprint density at radius 3 is 2.50 bits per heavy atom. The minimum absolute atomic E-state index is 0.0728. The van der Waals surface area contributed by atoms with E-state index in [-0.39, 0.29) is 5.91 Å². The van der Waals surface area contributed by atoms with Crippen molar-refractivity contribution in [1.82, 2.24) is 20.3 Å². The number of nitrogens with zero attached hydrogens (tertiary/aromatic N) is 3. The van der Waals surface area contributed by atoms with Gasteiger partial charge < -0.3 is 4.90 Å². The van der Waals surface area contributed by atoms with E-state index in [9.17, 15) is 4.79 Å². The Kier molecular flexibility index (Phi) is 3.92. The Morgan fingerprint density at radius 2 is 1.83 bits per heavy atom. The highest BCUT2D eigenvalue weighted by Crippen LogP contribution is 2.13. The number of amides is 1. The van der Waals surface area contributed by atoms with Gasteiger partial charge in [0.15, 0.2) is 0 Å². The van der Waals surface area contributed by atoms with Crippen molar-refractivity contribution in [2.45, 2.75) is 26.7 Å². The number of fused-ring (bicyclic) bond motifs is 1. The second-order valence-corrected chi connectivity index (χ2v) is 4.32. The molecule has 0 unspecified atom stereocenters. The quantitative estimate of drug-likeness (QED) is 0.879. The van der Waals surface area contributed by atoms with Crippen LogP contribution in [0.2, 0.25) is 0 Å². The fraction of sp³-hybridized carbons (Fsp3) is 0.462. The Balaban J connectivity index is 2.24. The van der Waals surface area contributed by atoms with E-state index in [4.69, 9.17) is 0 Å². The lowest BCUT2D eigenvalue weighted by Gasteiger charge is -2.21. The summed E-state index contributed by atoms with van der Waals surface area (Å²) in [7, 11) is 0. The number of carbonyl (C=O) groups excluding carboxylic acids is 1. The van der Waals surface area contributed by atoms with E-state index in [1.807, 2.05) is 17.0 Å². The second-order valence-electron chi connectivity index (χ2n) is 4.32. The van der Waals surface area contributed by atoms with Crippen molar-refractivity contribution in [2.24, 2.45) is 0 Å². The van der Waals surface area contributed by atoms with Gasteiger partial charge in [-0.05, 0) is 31.0 Å². The molecule has 1 amide bonds. The molecule has 1 aromatic carbocycles. The predicted octanol–water partition coefficient (Wildman–Crippen LogP) is 2.22. The Morgan fingerprint density at radius 1 is 1.17 bits per heavy atom. The summed E-state index contributed by atoms with van der Waals surface area (Å²) >= 11 is 0. The standard InChI is InChI=1S/C13H18N4O/c1-3-7-17(8-4-2)13(18)10-5-6-11-12(9-10)15-16-14-11/h5-6,9H,3-4,7-8H2,1-2H3,(H,14,15,16). The molecule has 0 aliphatic heterocycles. The van der Waals surface area contributed by atoms with Crippen LogP contribution in [0.3, 0.4) is 0 Å². The first-order valence-corrected chi connectivity index (χ1v) is 6.36. The molecule has 2 aromatic rings. The Bertz CT molecular complexity index is 529. The van der Waals surface area contributed by atoms with Crippen molar-refractivity contribution in [3.8, 4) is 0 Å². The summed E-state index contributed by atoms with van der Waals surface area (Å²) in [5.41, 5.74) is 2.19. The van der Waals surface area contributed by atoms with Gasteiger partial charge in [-0.25, -0.2) is 0 Å². The number of hydrogen-bond acceptors (Lipinski definition) is 3. The van der Waals surface area contributed by atoms with E-state index in [1.165, 1.54) is 0 Å². The molecule has 1 aromatic heterocycles. The predicted molar refractivity (Wildman–Crippen MR) is 70.4 cm³/mol. The molecular formula is C13H18N4O. The molecular weight excluding hydrogens is 228 g/mol. The number of rotatable bonds is 5.